The molecular weight excluding hydrogens is 638 g/mol. The third-order valence-electron chi connectivity index (χ3n) is 12.0. The lowest BCUT2D eigenvalue weighted by atomic mass is 9.73. The number of anilines is 3. The standard InChI is InChI=1S/C38H44F2N8O2/c1-23(2)47-22-42-33-18-32(44-36(35(33)47)43-31-5-10-41-19-30(31)40)24-3-4-29-34(15-24)48(27-16-26(17-27)45-11-6-25(39)7-12-45)37(49)38(29)8-13-46(14-9-38)28-20-50-21-28/h3-5,10,15,18-19,22-23,25-28H,6-9,11-14,16-17,20-21H2,1-2H3,(H,41,43,44). The zero-order valence-corrected chi connectivity index (χ0v) is 28.7. The van der Waals surface area contributed by atoms with Crippen LogP contribution in [0, 0.1) is 5.82 Å². The normalized spacial score (nSPS) is 24.6. The molecule has 4 aromatic rings. The van der Waals surface area contributed by atoms with Crippen LogP contribution in [-0.4, -0.2) is 98.9 Å². The first-order valence-corrected chi connectivity index (χ1v) is 18.2. The summed E-state index contributed by atoms with van der Waals surface area (Å²) in [5.41, 5.74) is 4.93. The Labute approximate surface area is 290 Å². The van der Waals surface area contributed by atoms with E-state index < -0.39 is 17.4 Å². The number of ether oxygens (including phenoxy) is 1. The van der Waals surface area contributed by atoms with Crippen molar-refractivity contribution in [2.24, 2.45) is 0 Å². The minimum atomic E-state index is -0.698. The zero-order chi connectivity index (χ0) is 34.1. The smallest absolute Gasteiger partial charge is 0.238 e. The number of alkyl halides is 1. The number of nitrogens with zero attached hydrogens (tertiary/aromatic N) is 7. The first kappa shape index (κ1) is 31.9. The number of carbonyl (C=O) groups is 1. The minimum absolute atomic E-state index is 0.103. The molecule has 7 heterocycles. The van der Waals surface area contributed by atoms with E-state index in [2.05, 4.69) is 57.0 Å². The van der Waals surface area contributed by atoms with E-state index >= 15 is 0 Å². The molecule has 3 saturated heterocycles. The Morgan fingerprint density at radius 1 is 0.980 bits per heavy atom. The summed E-state index contributed by atoms with van der Waals surface area (Å²) in [4.78, 5) is 35.5. The molecule has 0 unspecified atom stereocenters. The number of fused-ring (bicyclic) bond motifs is 3. The van der Waals surface area contributed by atoms with Crippen LogP contribution in [0.1, 0.15) is 64.0 Å². The van der Waals surface area contributed by atoms with Crippen LogP contribution < -0.4 is 10.2 Å². The zero-order valence-electron chi connectivity index (χ0n) is 28.7. The minimum Gasteiger partial charge on any atom is -0.378 e. The first-order valence-electron chi connectivity index (χ1n) is 18.2. The van der Waals surface area contributed by atoms with Crippen molar-refractivity contribution in [2.75, 3.05) is 49.6 Å². The molecule has 0 bridgehead atoms. The van der Waals surface area contributed by atoms with Gasteiger partial charge in [0.05, 0.1) is 54.1 Å². The molecule has 9 rings (SSSR count). The monoisotopic (exact) mass is 682 g/mol. The second-order valence-corrected chi connectivity index (χ2v) is 15.2. The summed E-state index contributed by atoms with van der Waals surface area (Å²) in [7, 11) is 0. The highest BCUT2D eigenvalue weighted by atomic mass is 19.1. The summed E-state index contributed by atoms with van der Waals surface area (Å²) >= 11 is 0. The fraction of sp³-hybridized carbons (Fsp3) is 0.526. The molecule has 1 saturated carbocycles. The lowest BCUT2D eigenvalue weighted by Crippen LogP contribution is -2.59. The molecule has 1 N–H and O–H groups in total. The van der Waals surface area contributed by atoms with Gasteiger partial charge in [-0.2, -0.15) is 0 Å². The van der Waals surface area contributed by atoms with Gasteiger partial charge in [0.2, 0.25) is 5.91 Å². The number of nitrogens with one attached hydrogen (secondary N) is 1. The summed E-state index contributed by atoms with van der Waals surface area (Å²) < 4.78 is 36.2. The van der Waals surface area contributed by atoms with Gasteiger partial charge in [0.1, 0.15) is 11.7 Å². The largest absolute Gasteiger partial charge is 0.378 e. The van der Waals surface area contributed by atoms with Crippen LogP contribution >= 0.6 is 0 Å². The molecule has 1 aromatic carbocycles. The molecule has 0 radical (unpaired) electrons. The Balaban J connectivity index is 1.09. The number of pyridine rings is 2. The quantitative estimate of drug-likeness (QED) is 0.254. The van der Waals surface area contributed by atoms with Crippen LogP contribution in [0.15, 0.2) is 49.1 Å². The molecule has 4 aliphatic heterocycles. The molecule has 0 atom stereocenters. The molecule has 1 spiro atoms. The van der Waals surface area contributed by atoms with Gasteiger partial charge < -0.3 is 24.4 Å². The van der Waals surface area contributed by atoms with Crippen molar-refractivity contribution in [3.05, 3.63) is 60.4 Å². The first-order chi connectivity index (χ1) is 24.3. The molecule has 10 nitrogen and oxygen atoms in total. The third-order valence-corrected chi connectivity index (χ3v) is 12.0. The molecule has 3 aromatic heterocycles. The number of piperidine rings is 2. The van der Waals surface area contributed by atoms with Crippen molar-refractivity contribution in [3.8, 4) is 11.3 Å². The predicted molar refractivity (Wildman–Crippen MR) is 188 cm³/mol. The molecule has 5 aliphatic rings. The number of carbonyl (C=O) groups excluding carboxylic acids is 1. The Morgan fingerprint density at radius 2 is 1.74 bits per heavy atom. The SMILES string of the molecule is CC(C)n1cnc2cc(-c3ccc4c(c3)N(C3CC(N5CCC(F)CC5)C3)C(=O)C43CCN(C4COC4)CC3)nc(Nc3ccncc3F)c21. The highest BCUT2D eigenvalue weighted by Crippen LogP contribution is 2.52. The highest BCUT2D eigenvalue weighted by molar-refractivity contribution is 6.09. The molecule has 1 amide bonds. The van der Waals surface area contributed by atoms with Crippen LogP contribution in [0.4, 0.5) is 26.0 Å². The van der Waals surface area contributed by atoms with E-state index in [9.17, 15) is 13.6 Å². The van der Waals surface area contributed by atoms with Gasteiger partial charge in [-0.05, 0) is 89.2 Å². The predicted octanol–water partition coefficient (Wildman–Crippen LogP) is 6.00. The molecule has 50 heavy (non-hydrogen) atoms. The Kier molecular flexibility index (Phi) is 7.89. The number of hydrogen-bond acceptors (Lipinski definition) is 8. The number of halogens is 2. The highest BCUT2D eigenvalue weighted by Gasteiger charge is 2.56. The summed E-state index contributed by atoms with van der Waals surface area (Å²) in [5, 5.41) is 3.23. The van der Waals surface area contributed by atoms with E-state index in [1.807, 2.05) is 10.6 Å². The summed E-state index contributed by atoms with van der Waals surface area (Å²) in [6.07, 6.45) is 8.39. The van der Waals surface area contributed by atoms with Gasteiger partial charge >= 0.3 is 0 Å². The number of benzene rings is 1. The average Bonchev–Trinajstić information content (AvgIpc) is 3.60. The second kappa shape index (κ2) is 12.3. The van der Waals surface area contributed by atoms with Crippen molar-refractivity contribution in [2.45, 2.75) is 88.1 Å². The van der Waals surface area contributed by atoms with Gasteiger partial charge in [0.15, 0.2) is 11.6 Å². The van der Waals surface area contributed by atoms with Crippen LogP contribution in [-0.2, 0) is 14.9 Å². The maximum atomic E-state index is 14.8. The van der Waals surface area contributed by atoms with Crippen LogP contribution in [0.3, 0.4) is 0 Å². The van der Waals surface area contributed by atoms with Crippen LogP contribution in [0.25, 0.3) is 22.3 Å². The fourth-order valence-corrected chi connectivity index (χ4v) is 8.89. The number of imidazole rings is 1. The third kappa shape index (κ3) is 5.21. The second-order valence-electron chi connectivity index (χ2n) is 15.2. The number of likely N-dealkylation sites (tertiary alicyclic amines) is 2. The van der Waals surface area contributed by atoms with E-state index in [0.717, 1.165) is 92.9 Å². The summed E-state index contributed by atoms with van der Waals surface area (Å²) in [6, 6.07) is 11.0. The van der Waals surface area contributed by atoms with Crippen molar-refractivity contribution in [1.82, 2.24) is 29.3 Å². The van der Waals surface area contributed by atoms with Crippen molar-refractivity contribution < 1.29 is 18.3 Å². The van der Waals surface area contributed by atoms with E-state index in [-0.39, 0.29) is 23.7 Å². The maximum Gasteiger partial charge on any atom is 0.238 e. The molecule has 12 heteroatoms. The lowest BCUT2D eigenvalue weighted by Gasteiger charge is -2.49. The summed E-state index contributed by atoms with van der Waals surface area (Å²) in [5.74, 6) is 0.254. The lowest BCUT2D eigenvalue weighted by molar-refractivity contribution is -0.128. The van der Waals surface area contributed by atoms with Crippen LogP contribution in [0.5, 0.6) is 0 Å². The van der Waals surface area contributed by atoms with Gasteiger partial charge in [-0.15, -0.1) is 0 Å². The number of aromatic nitrogens is 4. The van der Waals surface area contributed by atoms with Gasteiger partial charge in [-0.25, -0.2) is 18.7 Å². The molecule has 1 aliphatic carbocycles. The van der Waals surface area contributed by atoms with Crippen LogP contribution in [0.2, 0.25) is 0 Å². The van der Waals surface area contributed by atoms with Crippen molar-refractivity contribution in [3.63, 3.8) is 0 Å². The van der Waals surface area contributed by atoms with Gasteiger partial charge in [0.25, 0.3) is 0 Å². The maximum absolute atomic E-state index is 14.8. The number of amides is 1. The van der Waals surface area contributed by atoms with E-state index in [1.165, 1.54) is 6.20 Å². The van der Waals surface area contributed by atoms with Gasteiger partial charge in [-0.1, -0.05) is 12.1 Å². The summed E-state index contributed by atoms with van der Waals surface area (Å²) in [6.45, 7) is 9.02. The van der Waals surface area contributed by atoms with E-state index in [1.54, 1.807) is 18.6 Å². The van der Waals surface area contributed by atoms with E-state index in [4.69, 9.17) is 14.7 Å². The topological polar surface area (TPSA) is 91.7 Å². The van der Waals surface area contributed by atoms with Gasteiger partial charge in [-0.3, -0.25) is 14.7 Å². The number of hydrogen-bond donors (Lipinski definition) is 1. The Bertz CT molecular complexity index is 1920. The van der Waals surface area contributed by atoms with Gasteiger partial charge in [0, 0.05) is 48.7 Å². The molecule has 262 valence electrons. The Morgan fingerprint density at radius 3 is 2.44 bits per heavy atom. The molecular formula is C38H44F2N8O2. The van der Waals surface area contributed by atoms with Crippen molar-refractivity contribution >= 4 is 34.1 Å². The fourth-order valence-electron chi connectivity index (χ4n) is 8.89. The van der Waals surface area contributed by atoms with Crippen molar-refractivity contribution in [1.29, 1.82) is 0 Å². The van der Waals surface area contributed by atoms with E-state index in [0.29, 0.717) is 36.4 Å². The number of rotatable bonds is 7. The molecule has 4 fully saturated rings. The average molecular weight is 683 g/mol. The Hall–Kier alpha value is -4.00.